The molecule has 0 unspecified atom stereocenters. The van der Waals surface area contributed by atoms with Gasteiger partial charge < -0.3 is 24.1 Å². The van der Waals surface area contributed by atoms with Crippen LogP contribution in [0.4, 0.5) is 0 Å². The molecule has 0 fully saturated rings. The normalized spacial score (nSPS) is 11.8. The Balaban J connectivity index is 1.54. The Labute approximate surface area is 241 Å². The standard InChI is InChI=1S/C35H36N2O4/c1-39-20-19-36-35(38)22-30(28-17-18-33(40-2)34(21-28)41-25-27-13-7-4-8-14-27)31-24-37(23-26-11-5-3-6-12-26)32-16-10-9-15-29(31)32/h3-18,21,24,30H,19-20,22-23,25H2,1-2H3,(H,36,38)/t30-/m1/s1. The topological polar surface area (TPSA) is 61.7 Å². The van der Waals surface area contributed by atoms with Crippen LogP contribution in [0.15, 0.2) is 109 Å². The lowest BCUT2D eigenvalue weighted by molar-refractivity contribution is -0.121. The van der Waals surface area contributed by atoms with Gasteiger partial charge in [0.15, 0.2) is 11.5 Å². The Morgan fingerprint density at radius 2 is 1.54 bits per heavy atom. The number of carbonyl (C=O) groups excluding carboxylic acids is 1. The number of benzene rings is 4. The van der Waals surface area contributed by atoms with Crippen LogP contribution in [-0.2, 0) is 22.7 Å². The van der Waals surface area contributed by atoms with Gasteiger partial charge in [-0.3, -0.25) is 4.79 Å². The molecule has 5 aromatic rings. The lowest BCUT2D eigenvalue weighted by atomic mass is 9.87. The fraction of sp³-hybridized carbons (Fsp3) is 0.229. The van der Waals surface area contributed by atoms with E-state index in [2.05, 4.69) is 64.6 Å². The summed E-state index contributed by atoms with van der Waals surface area (Å²) in [6, 6.07) is 34.8. The minimum Gasteiger partial charge on any atom is -0.493 e. The van der Waals surface area contributed by atoms with Crippen LogP contribution in [0.2, 0.25) is 0 Å². The van der Waals surface area contributed by atoms with Gasteiger partial charge in [0.05, 0.1) is 13.7 Å². The monoisotopic (exact) mass is 548 g/mol. The Morgan fingerprint density at radius 1 is 0.829 bits per heavy atom. The molecule has 1 amide bonds. The first-order valence-electron chi connectivity index (χ1n) is 13.9. The first kappa shape index (κ1) is 28.0. The van der Waals surface area contributed by atoms with E-state index in [1.807, 2.05) is 54.6 Å². The van der Waals surface area contributed by atoms with E-state index in [4.69, 9.17) is 14.2 Å². The number of fused-ring (bicyclic) bond motifs is 1. The maximum atomic E-state index is 13.2. The van der Waals surface area contributed by atoms with Crippen molar-refractivity contribution in [3.63, 3.8) is 0 Å². The van der Waals surface area contributed by atoms with E-state index in [9.17, 15) is 4.79 Å². The van der Waals surface area contributed by atoms with Gasteiger partial charge in [-0.2, -0.15) is 0 Å². The lowest BCUT2D eigenvalue weighted by Gasteiger charge is -2.20. The Morgan fingerprint density at radius 3 is 2.27 bits per heavy atom. The summed E-state index contributed by atoms with van der Waals surface area (Å²) < 4.78 is 19.3. The van der Waals surface area contributed by atoms with Crippen molar-refractivity contribution in [3.8, 4) is 11.5 Å². The first-order chi connectivity index (χ1) is 20.2. The number of hydrogen-bond donors (Lipinski definition) is 1. The van der Waals surface area contributed by atoms with Gasteiger partial charge in [-0.15, -0.1) is 0 Å². The summed E-state index contributed by atoms with van der Waals surface area (Å²) >= 11 is 0. The van der Waals surface area contributed by atoms with Gasteiger partial charge in [-0.1, -0.05) is 84.9 Å². The maximum Gasteiger partial charge on any atom is 0.221 e. The Bertz CT molecular complexity index is 1560. The molecule has 0 aliphatic heterocycles. The molecule has 5 rings (SSSR count). The molecule has 0 bridgehead atoms. The highest BCUT2D eigenvalue weighted by Gasteiger charge is 2.24. The fourth-order valence-electron chi connectivity index (χ4n) is 5.18. The number of para-hydroxylation sites is 1. The molecule has 41 heavy (non-hydrogen) atoms. The highest BCUT2D eigenvalue weighted by Crippen LogP contribution is 2.39. The zero-order chi connectivity index (χ0) is 28.4. The third-order valence-electron chi connectivity index (χ3n) is 7.24. The Kier molecular flexibility index (Phi) is 9.34. The van der Waals surface area contributed by atoms with Crippen LogP contribution in [0.5, 0.6) is 11.5 Å². The van der Waals surface area contributed by atoms with Gasteiger partial charge >= 0.3 is 0 Å². The highest BCUT2D eigenvalue weighted by atomic mass is 16.5. The molecule has 0 aliphatic carbocycles. The van der Waals surface area contributed by atoms with Crippen LogP contribution in [0.25, 0.3) is 10.9 Å². The van der Waals surface area contributed by atoms with E-state index in [0.717, 1.165) is 34.1 Å². The van der Waals surface area contributed by atoms with Crippen molar-refractivity contribution in [2.45, 2.75) is 25.5 Å². The number of ether oxygens (including phenoxy) is 3. The van der Waals surface area contributed by atoms with Gasteiger partial charge in [-0.25, -0.2) is 0 Å². The molecule has 6 heteroatoms. The zero-order valence-electron chi connectivity index (χ0n) is 23.6. The van der Waals surface area contributed by atoms with E-state index in [-0.39, 0.29) is 18.2 Å². The summed E-state index contributed by atoms with van der Waals surface area (Å²) in [6.45, 7) is 2.08. The number of nitrogens with zero attached hydrogens (tertiary/aromatic N) is 1. The summed E-state index contributed by atoms with van der Waals surface area (Å²) in [5, 5.41) is 4.13. The minimum atomic E-state index is -0.204. The average molecular weight is 549 g/mol. The molecule has 0 saturated carbocycles. The van der Waals surface area contributed by atoms with E-state index in [1.54, 1.807) is 14.2 Å². The van der Waals surface area contributed by atoms with E-state index >= 15 is 0 Å². The zero-order valence-corrected chi connectivity index (χ0v) is 23.6. The number of carbonyl (C=O) groups is 1. The Hall–Kier alpha value is -4.55. The van der Waals surface area contributed by atoms with E-state index in [0.29, 0.717) is 31.3 Å². The summed E-state index contributed by atoms with van der Waals surface area (Å²) in [5.41, 5.74) is 5.49. The molecule has 0 radical (unpaired) electrons. The van der Waals surface area contributed by atoms with Crippen molar-refractivity contribution in [2.75, 3.05) is 27.4 Å². The maximum absolute atomic E-state index is 13.2. The summed E-state index contributed by atoms with van der Waals surface area (Å²) in [6.07, 6.45) is 2.48. The van der Waals surface area contributed by atoms with Crippen molar-refractivity contribution in [2.24, 2.45) is 0 Å². The van der Waals surface area contributed by atoms with Crippen LogP contribution in [-0.4, -0.2) is 37.8 Å². The van der Waals surface area contributed by atoms with Crippen LogP contribution < -0.4 is 14.8 Å². The molecular formula is C35H36N2O4. The van der Waals surface area contributed by atoms with Crippen molar-refractivity contribution in [3.05, 3.63) is 132 Å². The van der Waals surface area contributed by atoms with E-state index in [1.165, 1.54) is 5.56 Å². The number of aromatic nitrogens is 1. The number of rotatable bonds is 13. The third kappa shape index (κ3) is 6.97. The predicted molar refractivity (Wildman–Crippen MR) is 163 cm³/mol. The second-order valence-electron chi connectivity index (χ2n) is 10.00. The number of methoxy groups -OCH3 is 2. The SMILES string of the molecule is COCCNC(=O)C[C@H](c1ccc(OC)c(OCc2ccccc2)c1)c1cn(Cc2ccccc2)c2ccccc12. The molecule has 0 saturated heterocycles. The van der Waals surface area contributed by atoms with Crippen LogP contribution in [0, 0.1) is 0 Å². The summed E-state index contributed by atoms with van der Waals surface area (Å²) in [5.74, 6) is 1.06. The molecule has 6 nitrogen and oxygen atoms in total. The second-order valence-corrected chi connectivity index (χ2v) is 10.00. The van der Waals surface area contributed by atoms with Crippen molar-refractivity contribution in [1.29, 1.82) is 0 Å². The van der Waals surface area contributed by atoms with E-state index < -0.39 is 0 Å². The fourth-order valence-corrected chi connectivity index (χ4v) is 5.18. The molecule has 1 heterocycles. The van der Waals surface area contributed by atoms with Gasteiger partial charge in [0.25, 0.3) is 0 Å². The molecule has 1 N–H and O–H groups in total. The summed E-state index contributed by atoms with van der Waals surface area (Å²) in [4.78, 5) is 13.2. The molecule has 1 aromatic heterocycles. The largest absolute Gasteiger partial charge is 0.493 e. The molecule has 4 aromatic carbocycles. The van der Waals surface area contributed by atoms with Crippen LogP contribution in [0.1, 0.15) is 34.6 Å². The molecule has 0 spiro atoms. The van der Waals surface area contributed by atoms with Crippen LogP contribution in [0.3, 0.4) is 0 Å². The highest BCUT2D eigenvalue weighted by molar-refractivity contribution is 5.87. The minimum absolute atomic E-state index is 0.0329. The first-order valence-corrected chi connectivity index (χ1v) is 13.9. The van der Waals surface area contributed by atoms with Gasteiger partial charge in [-0.05, 0) is 40.5 Å². The number of nitrogens with one attached hydrogen (secondary N) is 1. The molecular weight excluding hydrogens is 512 g/mol. The quantitative estimate of drug-likeness (QED) is 0.169. The van der Waals surface area contributed by atoms with Crippen molar-refractivity contribution >= 4 is 16.8 Å². The van der Waals surface area contributed by atoms with Crippen molar-refractivity contribution in [1.82, 2.24) is 9.88 Å². The van der Waals surface area contributed by atoms with Gasteiger partial charge in [0.2, 0.25) is 5.91 Å². The smallest absolute Gasteiger partial charge is 0.221 e. The number of amides is 1. The average Bonchev–Trinajstić information content (AvgIpc) is 3.37. The second kappa shape index (κ2) is 13.7. The summed E-state index contributed by atoms with van der Waals surface area (Å²) in [7, 11) is 3.27. The number of hydrogen-bond acceptors (Lipinski definition) is 4. The van der Waals surface area contributed by atoms with Crippen LogP contribution >= 0.6 is 0 Å². The van der Waals surface area contributed by atoms with Gasteiger partial charge in [0.1, 0.15) is 6.61 Å². The predicted octanol–water partition coefficient (Wildman–Crippen LogP) is 6.56. The molecule has 210 valence electrons. The van der Waals surface area contributed by atoms with Crippen molar-refractivity contribution < 1.29 is 19.0 Å². The molecule has 1 atom stereocenters. The lowest BCUT2D eigenvalue weighted by Crippen LogP contribution is -2.28. The van der Waals surface area contributed by atoms with Gasteiger partial charge in [0, 0.05) is 49.6 Å². The molecule has 0 aliphatic rings. The third-order valence-corrected chi connectivity index (χ3v) is 7.24.